The molecule has 19 heavy (non-hydrogen) atoms. The molecule has 0 aliphatic rings. The SMILES string of the molecule is CCCC(CCOCCOCCO)C(CC)C(=O)O. The minimum atomic E-state index is -0.702. The minimum absolute atomic E-state index is 0.0232. The summed E-state index contributed by atoms with van der Waals surface area (Å²) in [5.74, 6) is -0.785. The van der Waals surface area contributed by atoms with Crippen molar-refractivity contribution in [2.75, 3.05) is 33.0 Å². The van der Waals surface area contributed by atoms with Gasteiger partial charge < -0.3 is 19.7 Å². The summed E-state index contributed by atoms with van der Waals surface area (Å²) in [7, 11) is 0. The zero-order chi connectivity index (χ0) is 14.5. The first kappa shape index (κ1) is 18.4. The molecule has 0 spiro atoms. The van der Waals surface area contributed by atoms with Crippen molar-refractivity contribution in [1.29, 1.82) is 0 Å². The predicted octanol–water partition coefficient (Wildman–Crippen LogP) is 1.93. The van der Waals surface area contributed by atoms with E-state index in [2.05, 4.69) is 6.92 Å². The number of aliphatic hydroxyl groups is 1. The molecule has 2 unspecified atom stereocenters. The van der Waals surface area contributed by atoms with E-state index in [0.717, 1.165) is 19.3 Å². The Balaban J connectivity index is 3.84. The summed E-state index contributed by atoms with van der Waals surface area (Å²) < 4.78 is 10.5. The molecule has 5 nitrogen and oxygen atoms in total. The molecular weight excluding hydrogens is 248 g/mol. The number of rotatable bonds is 13. The van der Waals surface area contributed by atoms with Crippen LogP contribution < -0.4 is 0 Å². The van der Waals surface area contributed by atoms with E-state index in [0.29, 0.717) is 32.8 Å². The maximum Gasteiger partial charge on any atom is 0.306 e. The van der Waals surface area contributed by atoms with Crippen molar-refractivity contribution in [1.82, 2.24) is 0 Å². The molecule has 2 N–H and O–H groups in total. The van der Waals surface area contributed by atoms with Crippen LogP contribution >= 0.6 is 0 Å². The van der Waals surface area contributed by atoms with Gasteiger partial charge in [0, 0.05) is 6.61 Å². The van der Waals surface area contributed by atoms with Crippen LogP contribution in [-0.4, -0.2) is 49.2 Å². The van der Waals surface area contributed by atoms with Gasteiger partial charge in [0.15, 0.2) is 0 Å². The highest BCUT2D eigenvalue weighted by atomic mass is 16.5. The summed E-state index contributed by atoms with van der Waals surface area (Å²) in [6.45, 7) is 5.87. The number of carboxylic acid groups (broad SMARTS) is 1. The summed E-state index contributed by atoms with van der Waals surface area (Å²) >= 11 is 0. The van der Waals surface area contributed by atoms with E-state index in [9.17, 15) is 9.90 Å². The lowest BCUT2D eigenvalue weighted by molar-refractivity contribution is -0.144. The Bertz CT molecular complexity index is 220. The number of carboxylic acids is 1. The Labute approximate surface area is 115 Å². The first-order chi connectivity index (χ1) is 9.17. The molecule has 0 aromatic rings. The Morgan fingerprint density at radius 1 is 1.05 bits per heavy atom. The largest absolute Gasteiger partial charge is 0.481 e. The fourth-order valence-electron chi connectivity index (χ4n) is 2.25. The minimum Gasteiger partial charge on any atom is -0.481 e. The van der Waals surface area contributed by atoms with Gasteiger partial charge in [-0.2, -0.15) is 0 Å². The third kappa shape index (κ3) is 8.97. The van der Waals surface area contributed by atoms with Crippen molar-refractivity contribution in [3.63, 3.8) is 0 Å². The van der Waals surface area contributed by atoms with Gasteiger partial charge in [0.25, 0.3) is 0 Å². The zero-order valence-corrected chi connectivity index (χ0v) is 12.1. The molecule has 0 saturated carbocycles. The van der Waals surface area contributed by atoms with Crippen molar-refractivity contribution in [2.45, 2.75) is 39.5 Å². The lowest BCUT2D eigenvalue weighted by Gasteiger charge is -2.22. The van der Waals surface area contributed by atoms with E-state index in [1.807, 2.05) is 6.92 Å². The van der Waals surface area contributed by atoms with Gasteiger partial charge in [0.1, 0.15) is 0 Å². The molecule has 0 rings (SSSR count). The van der Waals surface area contributed by atoms with E-state index in [1.54, 1.807) is 0 Å². The second-order valence-electron chi connectivity index (χ2n) is 4.64. The molecule has 2 atom stereocenters. The summed E-state index contributed by atoms with van der Waals surface area (Å²) in [5, 5.41) is 17.7. The molecule has 0 amide bonds. The van der Waals surface area contributed by atoms with Crippen molar-refractivity contribution < 1.29 is 24.5 Å². The fraction of sp³-hybridized carbons (Fsp3) is 0.929. The highest BCUT2D eigenvalue weighted by Gasteiger charge is 2.25. The first-order valence-corrected chi connectivity index (χ1v) is 7.16. The second kappa shape index (κ2) is 12.4. The Morgan fingerprint density at radius 3 is 2.16 bits per heavy atom. The van der Waals surface area contributed by atoms with Gasteiger partial charge in [-0.05, 0) is 25.2 Å². The van der Waals surface area contributed by atoms with Crippen LogP contribution in [0.1, 0.15) is 39.5 Å². The Morgan fingerprint density at radius 2 is 1.68 bits per heavy atom. The van der Waals surface area contributed by atoms with E-state index in [1.165, 1.54) is 0 Å². The van der Waals surface area contributed by atoms with E-state index in [4.69, 9.17) is 14.6 Å². The number of carbonyl (C=O) groups is 1. The molecule has 5 heteroatoms. The maximum atomic E-state index is 11.2. The van der Waals surface area contributed by atoms with Crippen molar-refractivity contribution in [3.05, 3.63) is 0 Å². The van der Waals surface area contributed by atoms with Crippen LogP contribution in [0.2, 0.25) is 0 Å². The second-order valence-corrected chi connectivity index (χ2v) is 4.64. The van der Waals surface area contributed by atoms with Gasteiger partial charge in [-0.1, -0.05) is 20.3 Å². The number of hydrogen-bond acceptors (Lipinski definition) is 4. The monoisotopic (exact) mass is 276 g/mol. The number of hydrogen-bond donors (Lipinski definition) is 2. The lowest BCUT2D eigenvalue weighted by Crippen LogP contribution is -2.24. The molecule has 0 heterocycles. The predicted molar refractivity (Wildman–Crippen MR) is 73.2 cm³/mol. The standard InChI is InChI=1S/C14H28O5/c1-3-5-12(13(4-2)14(16)17)6-8-18-10-11-19-9-7-15/h12-13,15H,3-11H2,1-2H3,(H,16,17). The number of ether oxygens (including phenoxy) is 2. The lowest BCUT2D eigenvalue weighted by atomic mass is 9.84. The molecule has 0 radical (unpaired) electrons. The molecule has 0 aliphatic heterocycles. The van der Waals surface area contributed by atoms with Crippen LogP contribution in [0.25, 0.3) is 0 Å². The van der Waals surface area contributed by atoms with Crippen LogP contribution in [0.4, 0.5) is 0 Å². The fourth-order valence-corrected chi connectivity index (χ4v) is 2.25. The van der Waals surface area contributed by atoms with Crippen LogP contribution in [-0.2, 0) is 14.3 Å². The third-order valence-corrected chi connectivity index (χ3v) is 3.23. The van der Waals surface area contributed by atoms with Gasteiger partial charge in [-0.15, -0.1) is 0 Å². The van der Waals surface area contributed by atoms with Gasteiger partial charge in [-0.25, -0.2) is 0 Å². The molecule has 0 bridgehead atoms. The third-order valence-electron chi connectivity index (χ3n) is 3.23. The Kier molecular flexibility index (Phi) is 12.0. The summed E-state index contributed by atoms with van der Waals surface area (Å²) in [4.78, 5) is 11.2. The summed E-state index contributed by atoms with van der Waals surface area (Å²) in [6.07, 6.45) is 3.36. The molecule has 0 saturated heterocycles. The highest BCUT2D eigenvalue weighted by Crippen LogP contribution is 2.24. The number of aliphatic hydroxyl groups excluding tert-OH is 1. The van der Waals surface area contributed by atoms with Crippen LogP contribution in [0, 0.1) is 11.8 Å². The first-order valence-electron chi connectivity index (χ1n) is 7.16. The van der Waals surface area contributed by atoms with E-state index >= 15 is 0 Å². The van der Waals surface area contributed by atoms with Crippen molar-refractivity contribution in [3.8, 4) is 0 Å². The van der Waals surface area contributed by atoms with Gasteiger partial charge in [0.05, 0.1) is 32.3 Å². The zero-order valence-electron chi connectivity index (χ0n) is 12.1. The molecule has 0 fully saturated rings. The van der Waals surface area contributed by atoms with E-state index in [-0.39, 0.29) is 18.4 Å². The molecular formula is C14H28O5. The summed E-state index contributed by atoms with van der Waals surface area (Å²) in [5.41, 5.74) is 0. The van der Waals surface area contributed by atoms with Crippen LogP contribution in [0.3, 0.4) is 0 Å². The quantitative estimate of drug-likeness (QED) is 0.503. The average Bonchev–Trinajstić information content (AvgIpc) is 2.38. The molecule has 0 aromatic heterocycles. The van der Waals surface area contributed by atoms with Crippen molar-refractivity contribution >= 4 is 5.97 Å². The normalized spacial score (nSPS) is 14.3. The van der Waals surface area contributed by atoms with Crippen molar-refractivity contribution in [2.24, 2.45) is 11.8 Å². The average molecular weight is 276 g/mol. The highest BCUT2D eigenvalue weighted by molar-refractivity contribution is 5.70. The Hall–Kier alpha value is -0.650. The molecule has 0 aliphatic carbocycles. The summed E-state index contributed by atoms with van der Waals surface area (Å²) in [6, 6.07) is 0. The van der Waals surface area contributed by atoms with Crippen LogP contribution in [0.15, 0.2) is 0 Å². The number of aliphatic carboxylic acids is 1. The van der Waals surface area contributed by atoms with Gasteiger partial charge in [-0.3, -0.25) is 4.79 Å². The molecule has 114 valence electrons. The van der Waals surface area contributed by atoms with Crippen LogP contribution in [0.5, 0.6) is 0 Å². The maximum absolute atomic E-state index is 11.2. The topological polar surface area (TPSA) is 76.0 Å². The van der Waals surface area contributed by atoms with E-state index < -0.39 is 5.97 Å². The van der Waals surface area contributed by atoms with Gasteiger partial charge >= 0.3 is 5.97 Å². The smallest absolute Gasteiger partial charge is 0.306 e. The molecule has 0 aromatic carbocycles. The van der Waals surface area contributed by atoms with Gasteiger partial charge in [0.2, 0.25) is 0 Å².